The van der Waals surface area contributed by atoms with Gasteiger partial charge in [0.1, 0.15) is 0 Å². The third-order valence-corrected chi connectivity index (χ3v) is 4.07. The molecular weight excluding hydrogens is 304 g/mol. The van der Waals surface area contributed by atoms with Crippen molar-refractivity contribution in [3.8, 4) is 0 Å². The van der Waals surface area contributed by atoms with Gasteiger partial charge in [0.05, 0.1) is 0 Å². The number of carbonyl (C=O) groups excluding carboxylic acids is 1. The fourth-order valence-electron chi connectivity index (χ4n) is 2.85. The lowest BCUT2D eigenvalue weighted by Crippen LogP contribution is -2.47. The molecule has 1 saturated heterocycles. The van der Waals surface area contributed by atoms with Crippen LogP contribution in [-0.2, 0) is 0 Å². The molecule has 24 heavy (non-hydrogen) atoms. The molecule has 4 N–H and O–H groups in total. The van der Waals surface area contributed by atoms with Gasteiger partial charge in [-0.2, -0.15) is 4.99 Å². The molecular formula is C17H26N6O. The van der Waals surface area contributed by atoms with Gasteiger partial charge in [-0.3, -0.25) is 15.6 Å². The standard InChI is InChI=1S/C17H26N6O/c1-4-23(14-8-7-12(2)11-13(14)3)17(24)21-15(18)20-16(19)22-9-5-6-10-22/h7-8,11H,4-6,9-10H2,1-3H3,(H4,18,19,20,21,24). The first-order valence-corrected chi connectivity index (χ1v) is 8.25. The number of nitrogens with two attached hydrogens (primary N) is 1. The molecule has 2 rings (SSSR count). The number of anilines is 1. The molecule has 1 heterocycles. The molecule has 1 aliphatic rings. The maximum atomic E-state index is 12.5. The molecule has 0 saturated carbocycles. The van der Waals surface area contributed by atoms with Crippen molar-refractivity contribution in [2.75, 3.05) is 24.5 Å². The summed E-state index contributed by atoms with van der Waals surface area (Å²) in [5.74, 6) is 0.0416. The number of rotatable bonds is 2. The Balaban J connectivity index is 2.06. The molecule has 1 aromatic rings. The van der Waals surface area contributed by atoms with Crippen molar-refractivity contribution in [3.63, 3.8) is 0 Å². The van der Waals surface area contributed by atoms with Crippen LogP contribution < -0.4 is 16.0 Å². The van der Waals surface area contributed by atoms with Crippen molar-refractivity contribution in [1.29, 1.82) is 5.41 Å². The Morgan fingerprint density at radius 2 is 2.04 bits per heavy atom. The number of carbonyl (C=O) groups is 1. The van der Waals surface area contributed by atoms with Gasteiger partial charge in [-0.25, -0.2) is 4.79 Å². The van der Waals surface area contributed by atoms with Gasteiger partial charge in [-0.1, -0.05) is 17.7 Å². The minimum atomic E-state index is -0.347. The summed E-state index contributed by atoms with van der Waals surface area (Å²) in [6, 6.07) is 5.58. The third-order valence-electron chi connectivity index (χ3n) is 4.07. The van der Waals surface area contributed by atoms with Gasteiger partial charge in [-0.15, -0.1) is 0 Å². The van der Waals surface area contributed by atoms with Crippen LogP contribution in [0.25, 0.3) is 0 Å². The molecule has 130 valence electrons. The molecule has 0 aromatic heterocycles. The predicted molar refractivity (Wildman–Crippen MR) is 97.6 cm³/mol. The average molecular weight is 330 g/mol. The first-order valence-electron chi connectivity index (χ1n) is 8.25. The van der Waals surface area contributed by atoms with Crippen molar-refractivity contribution in [1.82, 2.24) is 10.2 Å². The first-order chi connectivity index (χ1) is 11.4. The number of hydrogen-bond donors (Lipinski definition) is 3. The Hall–Kier alpha value is -2.57. The number of amides is 2. The van der Waals surface area contributed by atoms with Crippen LogP contribution in [0.2, 0.25) is 0 Å². The maximum absolute atomic E-state index is 12.5. The highest BCUT2D eigenvalue weighted by molar-refractivity contribution is 6.06. The second-order valence-corrected chi connectivity index (χ2v) is 5.98. The van der Waals surface area contributed by atoms with Crippen LogP contribution in [0.5, 0.6) is 0 Å². The summed E-state index contributed by atoms with van der Waals surface area (Å²) in [5, 5.41) is 10.5. The fraction of sp³-hybridized carbons (Fsp3) is 0.471. The molecule has 2 amide bonds. The molecule has 0 aliphatic carbocycles. The van der Waals surface area contributed by atoms with Crippen LogP contribution >= 0.6 is 0 Å². The highest BCUT2D eigenvalue weighted by atomic mass is 16.2. The molecule has 1 aromatic carbocycles. The average Bonchev–Trinajstić information content (AvgIpc) is 3.04. The van der Waals surface area contributed by atoms with Crippen molar-refractivity contribution in [3.05, 3.63) is 29.3 Å². The monoisotopic (exact) mass is 330 g/mol. The van der Waals surface area contributed by atoms with E-state index in [9.17, 15) is 4.79 Å². The van der Waals surface area contributed by atoms with Gasteiger partial charge in [0.15, 0.2) is 0 Å². The SMILES string of the molecule is CCN(C(=O)N/C(N)=N/C(=N)N1CCCC1)c1ccc(C)cc1C. The first kappa shape index (κ1) is 17.8. The van der Waals surface area contributed by atoms with Crippen LogP contribution in [0.4, 0.5) is 10.5 Å². The number of nitrogens with zero attached hydrogens (tertiary/aromatic N) is 3. The number of likely N-dealkylation sites (tertiary alicyclic amines) is 1. The summed E-state index contributed by atoms with van der Waals surface area (Å²) in [7, 11) is 0. The van der Waals surface area contributed by atoms with Crippen LogP contribution in [0.15, 0.2) is 23.2 Å². The van der Waals surface area contributed by atoms with Crippen LogP contribution in [0, 0.1) is 19.3 Å². The smallest absolute Gasteiger partial charge is 0.328 e. The van der Waals surface area contributed by atoms with Gasteiger partial charge in [0.2, 0.25) is 11.9 Å². The lowest BCUT2D eigenvalue weighted by Gasteiger charge is -2.23. The third kappa shape index (κ3) is 4.24. The van der Waals surface area contributed by atoms with Crippen LogP contribution in [0.3, 0.4) is 0 Å². The van der Waals surface area contributed by atoms with E-state index in [1.807, 2.05) is 43.9 Å². The minimum absolute atomic E-state index is 0.0554. The summed E-state index contributed by atoms with van der Waals surface area (Å²) in [6.07, 6.45) is 2.11. The number of aliphatic imine (C=N–C) groups is 1. The van der Waals surface area contributed by atoms with E-state index in [2.05, 4.69) is 10.3 Å². The Labute approximate surface area is 143 Å². The molecule has 7 heteroatoms. The Bertz CT molecular complexity index is 648. The number of hydrogen-bond acceptors (Lipinski definition) is 2. The van der Waals surface area contributed by atoms with Crippen molar-refractivity contribution in [2.24, 2.45) is 10.7 Å². The fourth-order valence-corrected chi connectivity index (χ4v) is 2.85. The Morgan fingerprint density at radius 1 is 1.38 bits per heavy atom. The second kappa shape index (κ2) is 7.81. The summed E-state index contributed by atoms with van der Waals surface area (Å²) < 4.78 is 0. The van der Waals surface area contributed by atoms with E-state index in [0.717, 1.165) is 42.7 Å². The van der Waals surface area contributed by atoms with Gasteiger partial charge < -0.3 is 10.6 Å². The zero-order valence-corrected chi connectivity index (χ0v) is 14.6. The van der Waals surface area contributed by atoms with E-state index in [4.69, 9.17) is 11.1 Å². The molecule has 7 nitrogen and oxygen atoms in total. The largest absolute Gasteiger partial charge is 0.369 e. The molecule has 0 radical (unpaired) electrons. The van der Waals surface area contributed by atoms with Gasteiger partial charge in [-0.05, 0) is 45.2 Å². The number of guanidine groups is 2. The molecule has 0 unspecified atom stereocenters. The maximum Gasteiger partial charge on any atom is 0.328 e. The highest BCUT2D eigenvalue weighted by Crippen LogP contribution is 2.21. The summed E-state index contributed by atoms with van der Waals surface area (Å²) >= 11 is 0. The second-order valence-electron chi connectivity index (χ2n) is 5.98. The van der Waals surface area contributed by atoms with E-state index in [1.54, 1.807) is 4.90 Å². The summed E-state index contributed by atoms with van der Waals surface area (Å²) in [6.45, 7) is 8.02. The van der Waals surface area contributed by atoms with E-state index in [1.165, 1.54) is 0 Å². The van der Waals surface area contributed by atoms with E-state index < -0.39 is 0 Å². The molecule has 0 atom stereocenters. The number of nitrogens with one attached hydrogen (secondary N) is 2. The van der Waals surface area contributed by atoms with Crippen molar-refractivity contribution >= 4 is 23.6 Å². The quantitative estimate of drug-likeness (QED) is 0.572. The van der Waals surface area contributed by atoms with Gasteiger partial charge in [0, 0.05) is 25.3 Å². The topological polar surface area (TPSA) is 97.8 Å². The van der Waals surface area contributed by atoms with Crippen LogP contribution in [-0.4, -0.2) is 42.5 Å². The van der Waals surface area contributed by atoms with E-state index in [0.29, 0.717) is 6.54 Å². The number of aryl methyl sites for hydroxylation is 2. The lowest BCUT2D eigenvalue weighted by molar-refractivity contribution is 0.250. The summed E-state index contributed by atoms with van der Waals surface area (Å²) in [4.78, 5) is 19.9. The summed E-state index contributed by atoms with van der Waals surface area (Å²) in [5.41, 5.74) is 8.80. The molecule has 0 bridgehead atoms. The Kier molecular flexibility index (Phi) is 5.78. The number of urea groups is 1. The van der Waals surface area contributed by atoms with E-state index in [-0.39, 0.29) is 18.0 Å². The molecule has 1 fully saturated rings. The van der Waals surface area contributed by atoms with E-state index >= 15 is 0 Å². The minimum Gasteiger partial charge on any atom is -0.369 e. The van der Waals surface area contributed by atoms with Gasteiger partial charge in [0.25, 0.3) is 0 Å². The van der Waals surface area contributed by atoms with Crippen molar-refractivity contribution in [2.45, 2.75) is 33.6 Å². The lowest BCUT2D eigenvalue weighted by atomic mass is 10.1. The predicted octanol–water partition coefficient (Wildman–Crippen LogP) is 2.18. The zero-order valence-electron chi connectivity index (χ0n) is 14.6. The number of benzene rings is 1. The Morgan fingerprint density at radius 3 is 2.62 bits per heavy atom. The normalized spacial score (nSPS) is 14.6. The molecule has 1 aliphatic heterocycles. The zero-order chi connectivity index (χ0) is 17.7. The van der Waals surface area contributed by atoms with Gasteiger partial charge >= 0.3 is 6.03 Å². The molecule has 0 spiro atoms. The van der Waals surface area contributed by atoms with Crippen LogP contribution in [0.1, 0.15) is 30.9 Å². The van der Waals surface area contributed by atoms with Crippen molar-refractivity contribution < 1.29 is 4.79 Å². The highest BCUT2D eigenvalue weighted by Gasteiger charge is 2.18.